The van der Waals surface area contributed by atoms with Crippen molar-refractivity contribution in [1.82, 2.24) is 0 Å². The van der Waals surface area contributed by atoms with Crippen LogP contribution < -0.4 is 11.5 Å². The minimum atomic E-state index is 0.913. The summed E-state index contributed by atoms with van der Waals surface area (Å²) in [6.45, 7) is 6.62. The van der Waals surface area contributed by atoms with Crippen LogP contribution in [0, 0.1) is 0 Å². The highest BCUT2D eigenvalue weighted by molar-refractivity contribution is 5.57. The number of anilines is 2. The summed E-state index contributed by atoms with van der Waals surface area (Å²) < 4.78 is 0. The lowest BCUT2D eigenvalue weighted by Crippen LogP contribution is -2.03. The maximum atomic E-state index is 6.38. The Labute approximate surface area is 147 Å². The highest BCUT2D eigenvalue weighted by atomic mass is 14.6. The van der Waals surface area contributed by atoms with Crippen molar-refractivity contribution in [2.24, 2.45) is 0 Å². The number of nitrogens with two attached hydrogens (primary N) is 2. The van der Waals surface area contributed by atoms with Crippen molar-refractivity contribution in [1.29, 1.82) is 0 Å². The first-order valence-electron chi connectivity index (χ1n) is 9.36. The van der Waals surface area contributed by atoms with Crippen LogP contribution in [-0.4, -0.2) is 0 Å². The van der Waals surface area contributed by atoms with Crippen molar-refractivity contribution in [2.75, 3.05) is 11.5 Å². The smallest absolute Gasteiger partial charge is 0.0379 e. The van der Waals surface area contributed by atoms with E-state index < -0.39 is 0 Å². The SMILES string of the molecule is CCCc1cc(Cc2cc(CCC)c(N)c(CCC)c2)ccc1N. The molecule has 0 aliphatic carbocycles. The molecule has 2 aromatic carbocycles. The van der Waals surface area contributed by atoms with E-state index in [0.717, 1.165) is 56.3 Å². The van der Waals surface area contributed by atoms with Gasteiger partial charge in [-0.25, -0.2) is 0 Å². The number of aryl methyl sites for hydroxylation is 3. The fraction of sp³-hybridized carbons (Fsp3) is 0.455. The molecule has 2 nitrogen and oxygen atoms in total. The molecule has 0 atom stereocenters. The molecule has 2 rings (SSSR count). The van der Waals surface area contributed by atoms with E-state index in [2.05, 4.69) is 51.1 Å². The molecule has 0 unspecified atom stereocenters. The van der Waals surface area contributed by atoms with Gasteiger partial charge in [-0.1, -0.05) is 64.3 Å². The fourth-order valence-electron chi connectivity index (χ4n) is 3.40. The zero-order valence-corrected chi connectivity index (χ0v) is 15.5. The van der Waals surface area contributed by atoms with E-state index >= 15 is 0 Å². The van der Waals surface area contributed by atoms with Gasteiger partial charge in [0.25, 0.3) is 0 Å². The van der Waals surface area contributed by atoms with Crippen LogP contribution in [0.4, 0.5) is 11.4 Å². The lowest BCUT2D eigenvalue weighted by atomic mass is 9.93. The molecule has 4 N–H and O–H groups in total. The summed E-state index contributed by atoms with van der Waals surface area (Å²) >= 11 is 0. The monoisotopic (exact) mass is 324 g/mol. The van der Waals surface area contributed by atoms with Gasteiger partial charge >= 0.3 is 0 Å². The van der Waals surface area contributed by atoms with Gasteiger partial charge in [0.05, 0.1) is 0 Å². The number of hydrogen-bond acceptors (Lipinski definition) is 2. The van der Waals surface area contributed by atoms with Gasteiger partial charge in [0, 0.05) is 11.4 Å². The van der Waals surface area contributed by atoms with Gasteiger partial charge in [-0.15, -0.1) is 0 Å². The summed E-state index contributed by atoms with van der Waals surface area (Å²) in [6.07, 6.45) is 7.48. The molecule has 0 spiro atoms. The van der Waals surface area contributed by atoms with Gasteiger partial charge in [0.1, 0.15) is 0 Å². The Balaban J connectivity index is 2.33. The second kappa shape index (κ2) is 8.77. The van der Waals surface area contributed by atoms with Gasteiger partial charge in [0.2, 0.25) is 0 Å². The largest absolute Gasteiger partial charge is 0.399 e. The first-order chi connectivity index (χ1) is 11.6. The molecule has 0 aliphatic heterocycles. The maximum absolute atomic E-state index is 6.38. The molecule has 0 fully saturated rings. The number of rotatable bonds is 8. The molecule has 0 aliphatic rings. The molecule has 0 heterocycles. The summed E-state index contributed by atoms with van der Waals surface area (Å²) in [5.74, 6) is 0. The van der Waals surface area contributed by atoms with Gasteiger partial charge in [-0.3, -0.25) is 0 Å². The molecule has 24 heavy (non-hydrogen) atoms. The Morgan fingerprint density at radius 1 is 0.667 bits per heavy atom. The highest BCUT2D eigenvalue weighted by Crippen LogP contribution is 2.26. The van der Waals surface area contributed by atoms with Crippen LogP contribution in [0.2, 0.25) is 0 Å². The van der Waals surface area contributed by atoms with Crippen molar-refractivity contribution in [3.8, 4) is 0 Å². The molecule has 0 aromatic heterocycles. The Morgan fingerprint density at radius 2 is 1.17 bits per heavy atom. The highest BCUT2D eigenvalue weighted by Gasteiger charge is 2.09. The third kappa shape index (κ3) is 4.53. The normalized spacial score (nSPS) is 11.0. The molecule has 0 saturated carbocycles. The summed E-state index contributed by atoms with van der Waals surface area (Å²) in [7, 11) is 0. The standard InChI is InChI=1S/C22H32N2/c1-4-7-18-13-16(10-11-21(18)23)12-17-14-19(8-5-2)22(24)20(15-17)9-6-3/h10-11,13-15H,4-9,12,23-24H2,1-3H3. The van der Waals surface area contributed by atoms with E-state index in [9.17, 15) is 0 Å². The van der Waals surface area contributed by atoms with Crippen LogP contribution in [0.1, 0.15) is 67.9 Å². The van der Waals surface area contributed by atoms with Crippen LogP contribution in [0.5, 0.6) is 0 Å². The Hall–Kier alpha value is -1.96. The predicted molar refractivity (Wildman–Crippen MR) is 106 cm³/mol. The van der Waals surface area contributed by atoms with Gasteiger partial charge in [-0.05, 0) is 59.6 Å². The van der Waals surface area contributed by atoms with E-state index in [4.69, 9.17) is 11.5 Å². The number of hydrogen-bond donors (Lipinski definition) is 2. The lowest BCUT2D eigenvalue weighted by molar-refractivity contribution is 0.894. The van der Waals surface area contributed by atoms with Crippen molar-refractivity contribution in [2.45, 2.75) is 65.7 Å². The Morgan fingerprint density at radius 3 is 1.71 bits per heavy atom. The minimum Gasteiger partial charge on any atom is -0.399 e. The van der Waals surface area contributed by atoms with Gasteiger partial charge in [-0.2, -0.15) is 0 Å². The number of benzene rings is 2. The van der Waals surface area contributed by atoms with Crippen molar-refractivity contribution in [3.05, 3.63) is 58.1 Å². The predicted octanol–water partition coefficient (Wildman–Crippen LogP) is 5.30. The van der Waals surface area contributed by atoms with Crippen molar-refractivity contribution in [3.63, 3.8) is 0 Å². The second-order valence-corrected chi connectivity index (χ2v) is 6.79. The molecule has 0 saturated heterocycles. The average molecular weight is 325 g/mol. The second-order valence-electron chi connectivity index (χ2n) is 6.79. The summed E-state index contributed by atoms with van der Waals surface area (Å²) in [5, 5.41) is 0. The topological polar surface area (TPSA) is 52.0 Å². The van der Waals surface area contributed by atoms with Crippen LogP contribution in [-0.2, 0) is 25.7 Å². The van der Waals surface area contributed by atoms with Gasteiger partial charge < -0.3 is 11.5 Å². The fourth-order valence-corrected chi connectivity index (χ4v) is 3.40. The molecule has 0 amide bonds. The maximum Gasteiger partial charge on any atom is 0.0379 e. The van der Waals surface area contributed by atoms with E-state index in [1.165, 1.54) is 27.8 Å². The van der Waals surface area contributed by atoms with E-state index in [1.807, 2.05) is 0 Å². The Kier molecular flexibility index (Phi) is 6.72. The molecular formula is C22H32N2. The summed E-state index contributed by atoms with van der Waals surface area (Å²) in [5.41, 5.74) is 21.0. The molecule has 0 radical (unpaired) electrons. The van der Waals surface area contributed by atoms with E-state index in [-0.39, 0.29) is 0 Å². The van der Waals surface area contributed by atoms with E-state index in [1.54, 1.807) is 0 Å². The molecule has 0 bridgehead atoms. The third-order valence-corrected chi connectivity index (χ3v) is 4.58. The average Bonchev–Trinajstić information content (AvgIpc) is 2.55. The Bertz CT molecular complexity index is 647. The van der Waals surface area contributed by atoms with E-state index in [0.29, 0.717) is 0 Å². The lowest BCUT2D eigenvalue weighted by Gasteiger charge is -2.14. The quantitative estimate of drug-likeness (QED) is 0.647. The molecular weight excluding hydrogens is 292 g/mol. The van der Waals surface area contributed by atoms with Crippen molar-refractivity contribution >= 4 is 11.4 Å². The summed E-state index contributed by atoms with van der Waals surface area (Å²) in [6, 6.07) is 11.1. The molecule has 2 aromatic rings. The van der Waals surface area contributed by atoms with Crippen molar-refractivity contribution < 1.29 is 0 Å². The summed E-state index contributed by atoms with van der Waals surface area (Å²) in [4.78, 5) is 0. The molecule has 130 valence electrons. The van der Waals surface area contributed by atoms with Crippen LogP contribution in [0.25, 0.3) is 0 Å². The zero-order valence-electron chi connectivity index (χ0n) is 15.5. The first kappa shape index (κ1) is 18.4. The number of nitrogen functional groups attached to an aromatic ring is 2. The minimum absolute atomic E-state index is 0.913. The van der Waals surface area contributed by atoms with Crippen LogP contribution >= 0.6 is 0 Å². The van der Waals surface area contributed by atoms with Gasteiger partial charge in [0.15, 0.2) is 0 Å². The van der Waals surface area contributed by atoms with Crippen LogP contribution in [0.15, 0.2) is 30.3 Å². The van der Waals surface area contributed by atoms with Crippen LogP contribution in [0.3, 0.4) is 0 Å². The third-order valence-electron chi connectivity index (χ3n) is 4.58. The first-order valence-corrected chi connectivity index (χ1v) is 9.36. The molecule has 2 heteroatoms. The zero-order chi connectivity index (χ0) is 17.5.